The number of urea groups is 1. The fourth-order valence-electron chi connectivity index (χ4n) is 1.20. The summed E-state index contributed by atoms with van der Waals surface area (Å²) in [4.78, 5) is 12.2. The minimum absolute atomic E-state index is 0.0635. The van der Waals surface area contributed by atoms with E-state index >= 15 is 0 Å². The molecule has 0 radical (unpaired) electrons. The van der Waals surface area contributed by atoms with Crippen molar-refractivity contribution >= 4 is 15.9 Å². The molecule has 1 saturated heterocycles. The lowest BCUT2D eigenvalue weighted by Crippen LogP contribution is -2.49. The van der Waals surface area contributed by atoms with Crippen LogP contribution in [0.25, 0.3) is 0 Å². The van der Waals surface area contributed by atoms with E-state index in [-0.39, 0.29) is 24.6 Å². The van der Waals surface area contributed by atoms with Gasteiger partial charge in [0.15, 0.2) is 9.84 Å². The van der Waals surface area contributed by atoms with Gasteiger partial charge < -0.3 is 10.2 Å². The van der Waals surface area contributed by atoms with E-state index in [2.05, 4.69) is 0 Å². The second kappa shape index (κ2) is 4.48. The van der Waals surface area contributed by atoms with Crippen molar-refractivity contribution in [2.24, 2.45) is 0 Å². The second-order valence-corrected chi connectivity index (χ2v) is 5.72. The van der Waals surface area contributed by atoms with Crippen molar-refractivity contribution in [3.8, 4) is 0 Å². The lowest BCUT2D eigenvalue weighted by atomic mass is 10.5. The Kier molecular flexibility index (Phi) is 3.66. The van der Waals surface area contributed by atoms with Gasteiger partial charge in [-0.15, -0.1) is 0 Å². The Labute approximate surface area is 90.5 Å². The van der Waals surface area contributed by atoms with Gasteiger partial charge in [0.1, 0.15) is 6.54 Å². The van der Waals surface area contributed by atoms with Crippen LogP contribution in [0.5, 0.6) is 0 Å². The smallest absolute Gasteiger partial charge is 0.329 e. The van der Waals surface area contributed by atoms with Crippen LogP contribution < -0.4 is 5.32 Å². The molecule has 1 N–H and O–H groups in total. The van der Waals surface area contributed by atoms with Gasteiger partial charge in [-0.2, -0.15) is 13.2 Å². The fourth-order valence-corrected chi connectivity index (χ4v) is 2.40. The first kappa shape index (κ1) is 13.1. The minimum atomic E-state index is -4.46. The first-order valence-electron chi connectivity index (χ1n) is 4.49. The van der Waals surface area contributed by atoms with E-state index in [0.29, 0.717) is 0 Å². The van der Waals surface area contributed by atoms with Crippen LogP contribution >= 0.6 is 0 Å². The van der Waals surface area contributed by atoms with Gasteiger partial charge in [-0.3, -0.25) is 0 Å². The monoisotopic (exact) mass is 260 g/mol. The molecule has 1 aliphatic heterocycles. The van der Waals surface area contributed by atoms with Crippen LogP contribution in [-0.2, 0) is 9.84 Å². The zero-order valence-corrected chi connectivity index (χ0v) is 9.07. The molecule has 1 heterocycles. The number of alkyl halides is 3. The Hall–Kier alpha value is -0.990. The molecule has 1 aliphatic rings. The molecule has 94 valence electrons. The third kappa shape index (κ3) is 4.25. The number of hydrogen-bond acceptors (Lipinski definition) is 3. The van der Waals surface area contributed by atoms with E-state index in [1.807, 2.05) is 0 Å². The molecule has 9 heteroatoms. The Morgan fingerprint density at radius 1 is 1.25 bits per heavy atom. The topological polar surface area (TPSA) is 66.5 Å². The highest BCUT2D eigenvalue weighted by molar-refractivity contribution is 7.91. The number of nitrogens with one attached hydrogen (secondary N) is 1. The fraction of sp³-hybridized carbons (Fsp3) is 0.857. The highest BCUT2D eigenvalue weighted by Gasteiger charge is 2.30. The molecule has 0 atom stereocenters. The number of sulfone groups is 1. The van der Waals surface area contributed by atoms with Gasteiger partial charge in [-0.1, -0.05) is 0 Å². The molecule has 0 bridgehead atoms. The van der Waals surface area contributed by atoms with Crippen molar-refractivity contribution in [3.63, 3.8) is 0 Å². The molecule has 0 aromatic heterocycles. The molecule has 0 aromatic carbocycles. The first-order valence-corrected chi connectivity index (χ1v) is 6.32. The Balaban J connectivity index is 2.40. The summed E-state index contributed by atoms with van der Waals surface area (Å²) in [7, 11) is -3.14. The van der Waals surface area contributed by atoms with Crippen LogP contribution in [0.15, 0.2) is 0 Å². The van der Waals surface area contributed by atoms with Gasteiger partial charge in [-0.05, 0) is 0 Å². The average molecular weight is 260 g/mol. The number of carbonyl (C=O) groups is 1. The molecule has 2 amide bonds. The van der Waals surface area contributed by atoms with Crippen molar-refractivity contribution in [2.45, 2.75) is 6.18 Å². The lowest BCUT2D eigenvalue weighted by Gasteiger charge is -2.26. The van der Waals surface area contributed by atoms with Crippen molar-refractivity contribution in [1.29, 1.82) is 0 Å². The minimum Gasteiger partial charge on any atom is -0.329 e. The second-order valence-electron chi connectivity index (χ2n) is 3.41. The Morgan fingerprint density at radius 2 is 1.75 bits per heavy atom. The number of amides is 2. The van der Waals surface area contributed by atoms with E-state index in [4.69, 9.17) is 0 Å². The maximum Gasteiger partial charge on any atom is 0.405 e. The van der Waals surface area contributed by atoms with Crippen LogP contribution in [0.3, 0.4) is 0 Å². The number of nitrogens with zero attached hydrogens (tertiary/aromatic N) is 1. The van der Waals surface area contributed by atoms with Gasteiger partial charge in [0.25, 0.3) is 0 Å². The van der Waals surface area contributed by atoms with Gasteiger partial charge >= 0.3 is 12.2 Å². The quantitative estimate of drug-likeness (QED) is 0.721. The van der Waals surface area contributed by atoms with Crippen LogP contribution in [0.2, 0.25) is 0 Å². The summed E-state index contributed by atoms with van der Waals surface area (Å²) in [6.45, 7) is -1.53. The molecule has 16 heavy (non-hydrogen) atoms. The zero-order chi connectivity index (χ0) is 12.4. The normalized spacial score (nSPS) is 20.6. The molecule has 1 rings (SSSR count). The van der Waals surface area contributed by atoms with Crippen LogP contribution in [0, 0.1) is 0 Å². The molecule has 5 nitrogen and oxygen atoms in total. The molecule has 1 fully saturated rings. The number of hydrogen-bond donors (Lipinski definition) is 1. The van der Waals surface area contributed by atoms with Crippen LogP contribution in [0.1, 0.15) is 0 Å². The summed E-state index contributed by atoms with van der Waals surface area (Å²) < 4.78 is 57.3. The zero-order valence-electron chi connectivity index (χ0n) is 8.25. The maximum atomic E-state index is 11.8. The summed E-state index contributed by atoms with van der Waals surface area (Å²) >= 11 is 0. The summed E-state index contributed by atoms with van der Waals surface area (Å²) in [5, 5.41) is 1.69. The van der Waals surface area contributed by atoms with E-state index in [0.717, 1.165) is 4.90 Å². The largest absolute Gasteiger partial charge is 0.405 e. The Bertz CT molecular complexity index is 352. The van der Waals surface area contributed by atoms with Crippen molar-refractivity contribution in [1.82, 2.24) is 10.2 Å². The molecular formula is C7H11F3N2O3S. The standard InChI is InChI=1S/C7H11F3N2O3S/c8-7(9,10)5-11-6(13)12-1-3-16(14,15)4-2-12/h1-5H2,(H,11,13). The van der Waals surface area contributed by atoms with Gasteiger partial charge in [-0.25, -0.2) is 13.2 Å². The molecule has 0 spiro atoms. The average Bonchev–Trinajstić information content (AvgIpc) is 2.13. The third-order valence-corrected chi connectivity index (χ3v) is 3.68. The van der Waals surface area contributed by atoms with Crippen molar-refractivity contribution in [2.75, 3.05) is 31.1 Å². The molecule has 0 aliphatic carbocycles. The number of carbonyl (C=O) groups excluding carboxylic acids is 1. The molecule has 0 aromatic rings. The third-order valence-electron chi connectivity index (χ3n) is 2.07. The van der Waals surface area contributed by atoms with E-state index in [1.165, 1.54) is 0 Å². The summed E-state index contributed by atoms with van der Waals surface area (Å²) in [6.07, 6.45) is -4.46. The SMILES string of the molecule is O=C(NCC(F)(F)F)N1CCS(=O)(=O)CC1. The van der Waals surface area contributed by atoms with E-state index < -0.39 is 28.6 Å². The molecular weight excluding hydrogens is 249 g/mol. The summed E-state index contributed by atoms with van der Waals surface area (Å²) in [5.41, 5.74) is 0. The first-order chi connectivity index (χ1) is 7.20. The molecule has 0 unspecified atom stereocenters. The van der Waals surface area contributed by atoms with E-state index in [9.17, 15) is 26.4 Å². The maximum absolute atomic E-state index is 11.8. The van der Waals surface area contributed by atoms with Crippen molar-refractivity contribution in [3.05, 3.63) is 0 Å². The Morgan fingerprint density at radius 3 is 2.19 bits per heavy atom. The predicted octanol–water partition coefficient (Wildman–Crippen LogP) is -0.0113. The van der Waals surface area contributed by atoms with Gasteiger partial charge in [0, 0.05) is 13.1 Å². The number of rotatable bonds is 1. The molecule has 0 saturated carbocycles. The predicted molar refractivity (Wildman–Crippen MR) is 49.7 cm³/mol. The van der Waals surface area contributed by atoms with Gasteiger partial charge in [0.2, 0.25) is 0 Å². The van der Waals surface area contributed by atoms with Crippen LogP contribution in [0.4, 0.5) is 18.0 Å². The van der Waals surface area contributed by atoms with Crippen molar-refractivity contribution < 1.29 is 26.4 Å². The highest BCUT2D eigenvalue weighted by Crippen LogP contribution is 2.12. The highest BCUT2D eigenvalue weighted by atomic mass is 32.2. The van der Waals surface area contributed by atoms with Gasteiger partial charge in [0.05, 0.1) is 11.5 Å². The number of halogens is 3. The lowest BCUT2D eigenvalue weighted by molar-refractivity contribution is -0.123. The van der Waals surface area contributed by atoms with E-state index in [1.54, 1.807) is 5.32 Å². The van der Waals surface area contributed by atoms with Crippen LogP contribution in [-0.4, -0.2) is 56.7 Å². The summed E-state index contributed by atoms with van der Waals surface area (Å²) in [6, 6.07) is -0.882. The summed E-state index contributed by atoms with van der Waals surface area (Å²) in [5.74, 6) is -0.404.